The molecule has 0 saturated carbocycles. The van der Waals surface area contributed by atoms with Gasteiger partial charge in [-0.15, -0.1) is 23.7 Å². The lowest BCUT2D eigenvalue weighted by atomic mass is 10.2. The molecule has 0 amide bonds. The molecule has 0 aromatic carbocycles. The summed E-state index contributed by atoms with van der Waals surface area (Å²) >= 11 is 4.88. The molecule has 1 rings (SSSR count). The first kappa shape index (κ1) is 12.4. The molecule has 0 aliphatic carbocycles. The zero-order valence-electron chi connectivity index (χ0n) is 6.30. The molecule has 1 aromatic rings. The Bertz CT molecular complexity index is 231. The van der Waals surface area contributed by atoms with Gasteiger partial charge in [0, 0.05) is 10.9 Å². The van der Waals surface area contributed by atoms with Gasteiger partial charge in [-0.25, -0.2) is 0 Å². The van der Waals surface area contributed by atoms with Gasteiger partial charge in [0.2, 0.25) is 0 Å². The Kier molecular flexibility index (Phi) is 6.09. The van der Waals surface area contributed by atoms with E-state index in [0.29, 0.717) is 6.42 Å². The maximum atomic E-state index is 11.8. The van der Waals surface area contributed by atoms with E-state index in [-0.39, 0.29) is 25.1 Å². The van der Waals surface area contributed by atoms with Crippen LogP contribution in [0.5, 0.6) is 0 Å². The first-order valence-corrected chi connectivity index (χ1v) is 4.91. The maximum Gasteiger partial charge on any atom is 0.0912 e. The van der Waals surface area contributed by atoms with Crippen molar-refractivity contribution in [1.29, 1.82) is 0 Å². The predicted octanol–water partition coefficient (Wildman–Crippen LogP) is 3.29. The molecule has 1 heterocycles. The highest BCUT2D eigenvalue weighted by Gasteiger charge is 2.07. The lowest BCUT2D eigenvalue weighted by molar-refractivity contribution is 0.444. The summed E-state index contributed by atoms with van der Waals surface area (Å²) in [6, 6.07) is 3.71. The largest absolute Gasteiger partial charge is 0.323 e. The van der Waals surface area contributed by atoms with Crippen LogP contribution in [0.4, 0.5) is 4.39 Å². The van der Waals surface area contributed by atoms with Crippen LogP contribution in [0.25, 0.3) is 0 Å². The summed E-state index contributed by atoms with van der Waals surface area (Å²) in [5.74, 6) is 0. The van der Waals surface area contributed by atoms with E-state index < -0.39 is 0 Å². The number of hydrogen-bond donors (Lipinski definition) is 1. The molecule has 0 spiro atoms. The van der Waals surface area contributed by atoms with Crippen molar-refractivity contribution < 1.29 is 4.39 Å². The topological polar surface area (TPSA) is 26.0 Å². The van der Waals surface area contributed by atoms with E-state index in [0.717, 1.165) is 8.66 Å². The fraction of sp³-hybridized carbons (Fsp3) is 0.429. The second kappa shape index (κ2) is 5.91. The van der Waals surface area contributed by atoms with Crippen molar-refractivity contribution in [1.82, 2.24) is 0 Å². The SMILES string of the molecule is Cl.N[C@@H](CCF)c1ccc(Br)s1. The van der Waals surface area contributed by atoms with Gasteiger partial charge in [-0.3, -0.25) is 4.39 Å². The predicted molar refractivity (Wildman–Crippen MR) is 56.8 cm³/mol. The van der Waals surface area contributed by atoms with Crippen LogP contribution in [0.1, 0.15) is 17.3 Å². The van der Waals surface area contributed by atoms with Gasteiger partial charge in [-0.1, -0.05) is 0 Å². The number of halogens is 3. The van der Waals surface area contributed by atoms with E-state index in [2.05, 4.69) is 15.9 Å². The fourth-order valence-corrected chi connectivity index (χ4v) is 2.25. The molecule has 0 fully saturated rings. The average molecular weight is 275 g/mol. The third-order valence-electron chi connectivity index (χ3n) is 1.38. The summed E-state index contributed by atoms with van der Waals surface area (Å²) < 4.78 is 12.9. The van der Waals surface area contributed by atoms with Gasteiger partial charge in [0.15, 0.2) is 0 Å². The summed E-state index contributed by atoms with van der Waals surface area (Å²) in [7, 11) is 0. The van der Waals surface area contributed by atoms with Gasteiger partial charge in [0.1, 0.15) is 0 Å². The minimum atomic E-state index is -0.351. The van der Waals surface area contributed by atoms with E-state index in [4.69, 9.17) is 5.73 Å². The summed E-state index contributed by atoms with van der Waals surface area (Å²) in [4.78, 5) is 1.04. The molecular weight excluding hydrogens is 265 g/mol. The fourth-order valence-electron chi connectivity index (χ4n) is 0.787. The number of thiophene rings is 1. The Hall–Kier alpha value is 0.360. The lowest BCUT2D eigenvalue weighted by Gasteiger charge is -2.04. The van der Waals surface area contributed by atoms with Crippen molar-refractivity contribution in [2.45, 2.75) is 12.5 Å². The first-order chi connectivity index (χ1) is 5.24. The quantitative estimate of drug-likeness (QED) is 0.899. The number of rotatable bonds is 3. The van der Waals surface area contributed by atoms with Crippen molar-refractivity contribution in [3.8, 4) is 0 Å². The van der Waals surface area contributed by atoms with E-state index >= 15 is 0 Å². The van der Waals surface area contributed by atoms with Gasteiger partial charge in [-0.2, -0.15) is 0 Å². The Labute approximate surface area is 89.7 Å². The van der Waals surface area contributed by atoms with Crippen LogP contribution in [0.15, 0.2) is 15.9 Å². The lowest BCUT2D eigenvalue weighted by Crippen LogP contribution is -2.08. The second-order valence-corrected chi connectivity index (χ2v) is 4.72. The van der Waals surface area contributed by atoms with Crippen LogP contribution in [0, 0.1) is 0 Å². The molecule has 70 valence electrons. The van der Waals surface area contributed by atoms with Crippen molar-refractivity contribution in [2.75, 3.05) is 6.67 Å². The molecule has 0 radical (unpaired) electrons. The monoisotopic (exact) mass is 273 g/mol. The molecule has 0 bridgehead atoms. The Balaban J connectivity index is 0.00000121. The zero-order valence-corrected chi connectivity index (χ0v) is 9.52. The standard InChI is InChI=1S/C7H9BrFNS.ClH/c8-7-2-1-6(11-7)5(10)3-4-9;/h1-2,5H,3-4,10H2;1H/t5-;/m0./s1. The Morgan fingerprint density at radius 2 is 2.25 bits per heavy atom. The summed E-state index contributed by atoms with van der Waals surface area (Å²) in [6.07, 6.45) is 0.410. The second-order valence-electron chi connectivity index (χ2n) is 2.23. The van der Waals surface area contributed by atoms with E-state index in [1.165, 1.54) is 0 Å². The molecule has 5 heteroatoms. The molecule has 0 aliphatic rings. The van der Waals surface area contributed by atoms with Crippen LogP contribution >= 0.6 is 39.7 Å². The molecule has 0 aliphatic heterocycles. The van der Waals surface area contributed by atoms with Crippen molar-refractivity contribution in [2.24, 2.45) is 5.73 Å². The summed E-state index contributed by atoms with van der Waals surface area (Å²) in [6.45, 7) is -0.351. The highest BCUT2D eigenvalue weighted by Crippen LogP contribution is 2.27. The first-order valence-electron chi connectivity index (χ1n) is 3.31. The number of alkyl halides is 1. The molecule has 2 N–H and O–H groups in total. The summed E-state index contributed by atoms with van der Waals surface area (Å²) in [5, 5.41) is 0. The van der Waals surface area contributed by atoms with E-state index in [1.54, 1.807) is 11.3 Å². The van der Waals surface area contributed by atoms with E-state index in [1.807, 2.05) is 12.1 Å². The number of hydrogen-bond acceptors (Lipinski definition) is 2. The average Bonchev–Trinajstić information content (AvgIpc) is 2.36. The third-order valence-corrected chi connectivity index (χ3v) is 3.14. The minimum Gasteiger partial charge on any atom is -0.323 e. The molecule has 12 heavy (non-hydrogen) atoms. The van der Waals surface area contributed by atoms with Crippen LogP contribution < -0.4 is 5.73 Å². The molecule has 0 saturated heterocycles. The maximum absolute atomic E-state index is 11.8. The van der Waals surface area contributed by atoms with Gasteiger partial charge >= 0.3 is 0 Å². The van der Waals surface area contributed by atoms with Gasteiger partial charge in [0.05, 0.1) is 10.5 Å². The Morgan fingerprint density at radius 3 is 2.67 bits per heavy atom. The number of nitrogens with two attached hydrogens (primary N) is 1. The van der Waals surface area contributed by atoms with Gasteiger partial charge in [-0.05, 0) is 34.5 Å². The molecular formula is C7H10BrClFNS. The smallest absolute Gasteiger partial charge is 0.0912 e. The molecule has 1 nitrogen and oxygen atoms in total. The Morgan fingerprint density at radius 1 is 1.58 bits per heavy atom. The zero-order chi connectivity index (χ0) is 8.27. The van der Waals surface area contributed by atoms with Gasteiger partial charge < -0.3 is 5.73 Å². The van der Waals surface area contributed by atoms with Crippen LogP contribution in [-0.4, -0.2) is 6.67 Å². The molecule has 1 atom stereocenters. The third kappa shape index (κ3) is 3.39. The van der Waals surface area contributed by atoms with Crippen molar-refractivity contribution in [3.63, 3.8) is 0 Å². The van der Waals surface area contributed by atoms with Crippen LogP contribution in [0.3, 0.4) is 0 Å². The van der Waals surface area contributed by atoms with E-state index in [9.17, 15) is 4.39 Å². The molecule has 0 unspecified atom stereocenters. The van der Waals surface area contributed by atoms with Crippen LogP contribution in [-0.2, 0) is 0 Å². The molecule has 1 aromatic heterocycles. The van der Waals surface area contributed by atoms with Gasteiger partial charge in [0.25, 0.3) is 0 Å². The highest BCUT2D eigenvalue weighted by molar-refractivity contribution is 9.11. The van der Waals surface area contributed by atoms with Crippen LogP contribution in [0.2, 0.25) is 0 Å². The summed E-state index contributed by atoms with van der Waals surface area (Å²) in [5.41, 5.74) is 5.67. The van der Waals surface area contributed by atoms with Crippen molar-refractivity contribution >= 4 is 39.7 Å². The highest BCUT2D eigenvalue weighted by atomic mass is 79.9. The van der Waals surface area contributed by atoms with Crippen molar-refractivity contribution in [3.05, 3.63) is 20.8 Å². The normalized spacial score (nSPS) is 12.2. The minimum absolute atomic E-state index is 0.